The molecule has 0 bridgehead atoms. The fourth-order valence-electron chi connectivity index (χ4n) is 2.29. The van der Waals surface area contributed by atoms with Crippen LogP contribution in [0.3, 0.4) is 0 Å². The molecule has 1 amide bonds. The Balaban J connectivity index is 1.91. The van der Waals surface area contributed by atoms with Crippen molar-refractivity contribution in [2.75, 3.05) is 19.7 Å². The molecule has 2 rings (SSSR count). The molecule has 1 aliphatic carbocycles. The number of ether oxygens (including phenoxy) is 1. The topological polar surface area (TPSA) is 49.8 Å². The molecule has 0 aromatic carbocycles. The number of aliphatic hydroxyl groups is 1. The van der Waals surface area contributed by atoms with Crippen LogP contribution in [-0.2, 0) is 4.74 Å². The van der Waals surface area contributed by atoms with Gasteiger partial charge in [0.05, 0.1) is 18.7 Å². The number of hydrogen-bond donors (Lipinski definition) is 1. The maximum atomic E-state index is 11.2. The fourth-order valence-corrected chi connectivity index (χ4v) is 2.29. The number of nitrogens with zero attached hydrogens (tertiary/aromatic N) is 1. The van der Waals surface area contributed by atoms with Gasteiger partial charge in [0, 0.05) is 0 Å². The van der Waals surface area contributed by atoms with Gasteiger partial charge in [-0.2, -0.15) is 0 Å². The van der Waals surface area contributed by atoms with Crippen molar-refractivity contribution in [3.05, 3.63) is 0 Å². The zero-order valence-corrected chi connectivity index (χ0v) is 8.37. The predicted molar refractivity (Wildman–Crippen MR) is 51.0 cm³/mol. The summed E-state index contributed by atoms with van der Waals surface area (Å²) in [5.74, 6) is 0. The van der Waals surface area contributed by atoms with Crippen LogP contribution in [0.15, 0.2) is 0 Å². The van der Waals surface area contributed by atoms with Crippen LogP contribution in [0.2, 0.25) is 0 Å². The van der Waals surface area contributed by atoms with Crippen LogP contribution < -0.4 is 0 Å². The van der Waals surface area contributed by atoms with Crippen LogP contribution in [0.5, 0.6) is 0 Å². The number of rotatable bonds is 2. The van der Waals surface area contributed by atoms with E-state index < -0.39 is 5.60 Å². The minimum Gasteiger partial charge on any atom is -0.448 e. The SMILES string of the molecule is O=C1OCCN1CC1(O)CCCCC1. The third-order valence-electron chi connectivity index (χ3n) is 3.11. The monoisotopic (exact) mass is 199 g/mol. The fraction of sp³-hybridized carbons (Fsp3) is 0.900. The van der Waals surface area contributed by atoms with Gasteiger partial charge in [-0.25, -0.2) is 4.79 Å². The van der Waals surface area contributed by atoms with Crippen LogP contribution in [-0.4, -0.2) is 41.4 Å². The number of β-amino-alcohol motifs (C(OH)–C–C–N with tert-alkyl or cyclic N) is 1. The van der Waals surface area contributed by atoms with Crippen molar-refractivity contribution >= 4 is 6.09 Å². The molecule has 0 unspecified atom stereocenters. The van der Waals surface area contributed by atoms with Crippen molar-refractivity contribution < 1.29 is 14.6 Å². The lowest BCUT2D eigenvalue weighted by atomic mass is 9.84. The maximum Gasteiger partial charge on any atom is 0.410 e. The molecule has 0 aromatic rings. The Kier molecular flexibility index (Phi) is 2.63. The summed E-state index contributed by atoms with van der Waals surface area (Å²) in [6.45, 7) is 1.54. The molecule has 4 nitrogen and oxygen atoms in total. The minimum absolute atomic E-state index is 0.274. The number of carbonyl (C=O) groups is 1. The number of hydrogen-bond acceptors (Lipinski definition) is 3. The second kappa shape index (κ2) is 3.77. The van der Waals surface area contributed by atoms with E-state index in [4.69, 9.17) is 4.74 Å². The Morgan fingerprint density at radius 2 is 2.07 bits per heavy atom. The lowest BCUT2D eigenvalue weighted by molar-refractivity contribution is -0.0156. The van der Waals surface area contributed by atoms with Crippen molar-refractivity contribution in [1.29, 1.82) is 0 Å². The summed E-state index contributed by atoms with van der Waals surface area (Å²) in [5.41, 5.74) is -0.651. The molecule has 14 heavy (non-hydrogen) atoms. The van der Waals surface area contributed by atoms with Gasteiger partial charge in [-0.15, -0.1) is 0 Å². The minimum atomic E-state index is -0.651. The van der Waals surface area contributed by atoms with Gasteiger partial charge in [0.2, 0.25) is 0 Å². The molecular weight excluding hydrogens is 182 g/mol. The molecule has 1 saturated carbocycles. The third-order valence-corrected chi connectivity index (χ3v) is 3.11. The molecule has 2 fully saturated rings. The van der Waals surface area contributed by atoms with Crippen molar-refractivity contribution in [3.63, 3.8) is 0 Å². The highest BCUT2D eigenvalue weighted by molar-refractivity contribution is 5.69. The first-order chi connectivity index (χ1) is 6.70. The quantitative estimate of drug-likeness (QED) is 0.725. The van der Waals surface area contributed by atoms with E-state index in [1.165, 1.54) is 6.42 Å². The second-order valence-electron chi connectivity index (χ2n) is 4.32. The van der Waals surface area contributed by atoms with Gasteiger partial charge in [-0.1, -0.05) is 19.3 Å². The van der Waals surface area contributed by atoms with Gasteiger partial charge in [0.1, 0.15) is 6.61 Å². The van der Waals surface area contributed by atoms with Crippen LogP contribution in [0, 0.1) is 0 Å². The number of carbonyl (C=O) groups excluding carboxylic acids is 1. The highest BCUT2D eigenvalue weighted by atomic mass is 16.6. The van der Waals surface area contributed by atoms with Crippen molar-refractivity contribution in [2.45, 2.75) is 37.7 Å². The van der Waals surface area contributed by atoms with Gasteiger partial charge >= 0.3 is 6.09 Å². The summed E-state index contributed by atoms with van der Waals surface area (Å²) in [6, 6.07) is 0. The zero-order chi connectivity index (χ0) is 10.0. The van der Waals surface area contributed by atoms with E-state index >= 15 is 0 Å². The van der Waals surface area contributed by atoms with E-state index in [-0.39, 0.29) is 6.09 Å². The molecule has 1 saturated heterocycles. The standard InChI is InChI=1S/C10H17NO3/c12-9-11(6-7-14-9)8-10(13)4-2-1-3-5-10/h13H,1-8H2. The number of amides is 1. The summed E-state index contributed by atoms with van der Waals surface area (Å²) in [5, 5.41) is 10.2. The summed E-state index contributed by atoms with van der Waals surface area (Å²) < 4.78 is 4.83. The number of cyclic esters (lactones) is 1. The molecule has 80 valence electrons. The van der Waals surface area contributed by atoms with Crippen LogP contribution in [0.4, 0.5) is 4.79 Å². The van der Waals surface area contributed by atoms with Crippen LogP contribution >= 0.6 is 0 Å². The highest BCUT2D eigenvalue weighted by Crippen LogP contribution is 2.29. The predicted octanol–water partition coefficient (Wildman–Crippen LogP) is 1.13. The van der Waals surface area contributed by atoms with E-state index in [9.17, 15) is 9.90 Å². The van der Waals surface area contributed by atoms with Crippen molar-refractivity contribution in [1.82, 2.24) is 4.90 Å². The van der Waals surface area contributed by atoms with Gasteiger partial charge in [0.25, 0.3) is 0 Å². The molecular formula is C10H17NO3. The summed E-state index contributed by atoms with van der Waals surface area (Å²) >= 11 is 0. The summed E-state index contributed by atoms with van der Waals surface area (Å²) in [4.78, 5) is 12.8. The summed E-state index contributed by atoms with van der Waals surface area (Å²) in [7, 11) is 0. The average Bonchev–Trinajstić information content (AvgIpc) is 2.52. The van der Waals surface area contributed by atoms with E-state index in [1.807, 2.05) is 0 Å². The third kappa shape index (κ3) is 2.00. The van der Waals surface area contributed by atoms with E-state index in [0.717, 1.165) is 25.7 Å². The van der Waals surface area contributed by atoms with Crippen LogP contribution in [0.1, 0.15) is 32.1 Å². The normalized spacial score (nSPS) is 26.4. The Morgan fingerprint density at radius 1 is 1.36 bits per heavy atom. The van der Waals surface area contributed by atoms with E-state index in [1.54, 1.807) is 4.90 Å². The first-order valence-corrected chi connectivity index (χ1v) is 5.34. The average molecular weight is 199 g/mol. The van der Waals surface area contributed by atoms with Crippen molar-refractivity contribution in [2.24, 2.45) is 0 Å². The first kappa shape index (κ1) is 9.77. The molecule has 0 atom stereocenters. The van der Waals surface area contributed by atoms with E-state index in [0.29, 0.717) is 19.7 Å². The molecule has 1 aliphatic heterocycles. The van der Waals surface area contributed by atoms with Gasteiger partial charge in [-0.05, 0) is 12.8 Å². The molecule has 0 radical (unpaired) electrons. The molecule has 0 spiro atoms. The lowest BCUT2D eigenvalue weighted by Gasteiger charge is -2.34. The molecule has 4 heteroatoms. The Labute approximate surface area is 83.8 Å². The maximum absolute atomic E-state index is 11.2. The Hall–Kier alpha value is -0.770. The summed E-state index contributed by atoms with van der Waals surface area (Å²) in [6.07, 6.45) is 4.70. The molecule has 2 aliphatic rings. The molecule has 1 heterocycles. The molecule has 1 N–H and O–H groups in total. The Morgan fingerprint density at radius 3 is 2.64 bits per heavy atom. The largest absolute Gasteiger partial charge is 0.448 e. The smallest absolute Gasteiger partial charge is 0.410 e. The highest BCUT2D eigenvalue weighted by Gasteiger charge is 2.35. The Bertz CT molecular complexity index is 223. The van der Waals surface area contributed by atoms with Gasteiger partial charge in [-0.3, -0.25) is 0 Å². The van der Waals surface area contributed by atoms with Gasteiger partial charge < -0.3 is 14.7 Å². The van der Waals surface area contributed by atoms with Gasteiger partial charge in [0.15, 0.2) is 0 Å². The van der Waals surface area contributed by atoms with Crippen molar-refractivity contribution in [3.8, 4) is 0 Å². The lowest BCUT2D eigenvalue weighted by Crippen LogP contribution is -2.44. The zero-order valence-electron chi connectivity index (χ0n) is 8.37. The van der Waals surface area contributed by atoms with Crippen LogP contribution in [0.25, 0.3) is 0 Å². The van der Waals surface area contributed by atoms with E-state index in [2.05, 4.69) is 0 Å². The second-order valence-corrected chi connectivity index (χ2v) is 4.32. The molecule has 0 aromatic heterocycles. The first-order valence-electron chi connectivity index (χ1n) is 5.34.